The Morgan fingerprint density at radius 2 is 1.88 bits per heavy atom. The van der Waals surface area contributed by atoms with Crippen LogP contribution in [0.15, 0.2) is 52.4 Å². The van der Waals surface area contributed by atoms with Crippen LogP contribution >= 0.6 is 11.3 Å². The van der Waals surface area contributed by atoms with Crippen molar-refractivity contribution in [1.29, 1.82) is 0 Å². The monoisotopic (exact) mass is 360 g/mol. The molecule has 0 radical (unpaired) electrons. The lowest BCUT2D eigenvalue weighted by Gasteiger charge is -2.00. The van der Waals surface area contributed by atoms with E-state index in [9.17, 15) is 13.2 Å². The molecule has 0 saturated carbocycles. The second kappa shape index (κ2) is 5.99. The Hall–Kier alpha value is -2.25. The number of rotatable bonds is 2. The van der Waals surface area contributed by atoms with E-state index in [1.807, 2.05) is 26.1 Å². The number of amides is 1. The third-order valence-electron chi connectivity index (χ3n) is 3.78. The molecule has 0 aliphatic carbocycles. The van der Waals surface area contributed by atoms with Crippen molar-refractivity contribution in [3.8, 4) is 0 Å². The van der Waals surface area contributed by atoms with Gasteiger partial charge in [0.05, 0.1) is 15.1 Å². The Kier molecular flexibility index (Phi) is 4.15. The Bertz CT molecular complexity index is 1120. The molecule has 0 unspecified atom stereocenters. The number of hydrogen-bond donors (Lipinski definition) is 0. The molecule has 0 saturated heterocycles. The largest absolute Gasteiger partial charge is 0.319 e. The molecular weight excluding hydrogens is 344 g/mol. The number of sulfone groups is 1. The van der Waals surface area contributed by atoms with Crippen LogP contribution in [0.5, 0.6) is 0 Å². The average Bonchev–Trinajstić information content (AvgIpc) is 2.82. The van der Waals surface area contributed by atoms with Crippen LogP contribution in [-0.2, 0) is 16.9 Å². The van der Waals surface area contributed by atoms with Crippen molar-refractivity contribution in [3.63, 3.8) is 0 Å². The number of benzene rings is 2. The zero-order valence-corrected chi connectivity index (χ0v) is 15.1. The maximum atomic E-state index is 12.4. The quantitative estimate of drug-likeness (QED) is 0.706. The number of hydrogen-bond acceptors (Lipinski definition) is 4. The summed E-state index contributed by atoms with van der Waals surface area (Å²) in [5.41, 5.74) is 2.27. The van der Waals surface area contributed by atoms with E-state index in [0.29, 0.717) is 10.4 Å². The number of nitrogens with zero attached hydrogens (tertiary/aromatic N) is 2. The molecule has 0 atom stereocenters. The van der Waals surface area contributed by atoms with Gasteiger partial charge in [-0.25, -0.2) is 8.42 Å². The molecule has 0 bridgehead atoms. The van der Waals surface area contributed by atoms with E-state index < -0.39 is 9.84 Å². The third-order valence-corrected chi connectivity index (χ3v) is 5.99. The fraction of sp³-hybridized carbons (Fsp3) is 0.176. The molecule has 0 aliphatic rings. The van der Waals surface area contributed by atoms with Crippen molar-refractivity contribution in [2.24, 2.45) is 12.0 Å². The number of fused-ring (bicyclic) bond motifs is 1. The van der Waals surface area contributed by atoms with Crippen molar-refractivity contribution in [3.05, 3.63) is 58.4 Å². The molecule has 0 spiro atoms. The van der Waals surface area contributed by atoms with Crippen molar-refractivity contribution in [2.45, 2.75) is 11.8 Å². The van der Waals surface area contributed by atoms with Gasteiger partial charge in [-0.05, 0) is 36.8 Å². The van der Waals surface area contributed by atoms with Gasteiger partial charge in [0.2, 0.25) is 0 Å². The SMILES string of the molecule is Cc1ccccc1C(=O)N=c1sc2cc(S(C)(=O)=O)ccc2n1C. The average molecular weight is 360 g/mol. The fourth-order valence-corrected chi connectivity index (χ4v) is 4.19. The van der Waals surface area contributed by atoms with Crippen LogP contribution in [0.2, 0.25) is 0 Å². The number of aromatic nitrogens is 1. The van der Waals surface area contributed by atoms with E-state index in [0.717, 1.165) is 15.8 Å². The van der Waals surface area contributed by atoms with E-state index in [1.165, 1.54) is 17.6 Å². The normalized spacial score (nSPS) is 12.7. The molecule has 3 rings (SSSR count). The van der Waals surface area contributed by atoms with Crippen LogP contribution in [0.3, 0.4) is 0 Å². The summed E-state index contributed by atoms with van der Waals surface area (Å²) in [6.07, 6.45) is 1.18. The predicted octanol–water partition coefficient (Wildman–Crippen LogP) is 2.69. The first-order valence-electron chi connectivity index (χ1n) is 7.22. The smallest absolute Gasteiger partial charge is 0.279 e. The lowest BCUT2D eigenvalue weighted by Crippen LogP contribution is -2.13. The minimum absolute atomic E-state index is 0.258. The van der Waals surface area contributed by atoms with Crippen LogP contribution in [0, 0.1) is 6.92 Å². The summed E-state index contributed by atoms with van der Waals surface area (Å²) in [6.45, 7) is 1.87. The standard InChI is InChI=1S/C17H16N2O3S2/c1-11-6-4-5-7-13(11)16(20)18-17-19(2)14-9-8-12(24(3,21)22)10-15(14)23-17/h4-10H,1-3H3. The molecule has 1 amide bonds. The predicted molar refractivity (Wildman–Crippen MR) is 95.0 cm³/mol. The Morgan fingerprint density at radius 1 is 1.17 bits per heavy atom. The molecule has 0 N–H and O–H groups in total. The molecule has 0 fully saturated rings. The van der Waals surface area contributed by atoms with Gasteiger partial charge < -0.3 is 4.57 Å². The van der Waals surface area contributed by atoms with Crippen LogP contribution in [0.1, 0.15) is 15.9 Å². The summed E-state index contributed by atoms with van der Waals surface area (Å²) in [5.74, 6) is -0.307. The minimum Gasteiger partial charge on any atom is -0.319 e. The van der Waals surface area contributed by atoms with Gasteiger partial charge in [0, 0.05) is 18.9 Å². The van der Waals surface area contributed by atoms with Gasteiger partial charge in [-0.1, -0.05) is 29.5 Å². The van der Waals surface area contributed by atoms with Gasteiger partial charge >= 0.3 is 0 Å². The van der Waals surface area contributed by atoms with E-state index in [-0.39, 0.29) is 10.8 Å². The maximum absolute atomic E-state index is 12.4. The highest BCUT2D eigenvalue weighted by molar-refractivity contribution is 7.90. The van der Waals surface area contributed by atoms with Crippen molar-refractivity contribution in [1.82, 2.24) is 4.57 Å². The zero-order valence-electron chi connectivity index (χ0n) is 13.5. The van der Waals surface area contributed by atoms with Crippen LogP contribution in [0.4, 0.5) is 0 Å². The molecule has 3 aromatic rings. The molecular formula is C17H16N2O3S2. The van der Waals surface area contributed by atoms with Crippen molar-refractivity contribution in [2.75, 3.05) is 6.26 Å². The zero-order chi connectivity index (χ0) is 17.5. The van der Waals surface area contributed by atoms with Gasteiger partial charge in [-0.3, -0.25) is 4.79 Å². The van der Waals surface area contributed by atoms with Gasteiger partial charge in [0.25, 0.3) is 5.91 Å². The molecule has 1 heterocycles. The minimum atomic E-state index is -3.27. The first kappa shape index (κ1) is 16.6. The van der Waals surface area contributed by atoms with Crippen LogP contribution in [-0.4, -0.2) is 25.1 Å². The van der Waals surface area contributed by atoms with Gasteiger partial charge in [0.1, 0.15) is 0 Å². The van der Waals surface area contributed by atoms with Gasteiger partial charge in [0.15, 0.2) is 14.6 Å². The highest BCUT2D eigenvalue weighted by Crippen LogP contribution is 2.21. The molecule has 0 aliphatic heterocycles. The van der Waals surface area contributed by atoms with Crippen LogP contribution < -0.4 is 4.80 Å². The Balaban J connectivity index is 2.15. The second-order valence-corrected chi connectivity index (χ2v) is 8.60. The van der Waals surface area contributed by atoms with E-state index in [2.05, 4.69) is 4.99 Å². The fourth-order valence-electron chi connectivity index (χ4n) is 2.41. The van der Waals surface area contributed by atoms with Crippen molar-refractivity contribution < 1.29 is 13.2 Å². The summed E-state index contributed by atoms with van der Waals surface area (Å²) in [7, 11) is -1.46. The molecule has 1 aromatic heterocycles. The third kappa shape index (κ3) is 3.05. The topological polar surface area (TPSA) is 68.5 Å². The first-order chi connectivity index (χ1) is 11.3. The van der Waals surface area contributed by atoms with E-state index in [4.69, 9.17) is 0 Å². The van der Waals surface area contributed by atoms with Crippen molar-refractivity contribution >= 4 is 37.3 Å². The molecule has 5 nitrogen and oxygen atoms in total. The summed E-state index contributed by atoms with van der Waals surface area (Å²) in [5, 5.41) is 0. The molecule has 2 aromatic carbocycles. The van der Waals surface area contributed by atoms with E-state index in [1.54, 1.807) is 34.9 Å². The summed E-state index contributed by atoms with van der Waals surface area (Å²) in [4.78, 5) is 17.4. The second-order valence-electron chi connectivity index (χ2n) is 5.58. The summed E-state index contributed by atoms with van der Waals surface area (Å²) < 4.78 is 25.9. The first-order valence-corrected chi connectivity index (χ1v) is 9.92. The lowest BCUT2D eigenvalue weighted by atomic mass is 10.1. The highest BCUT2D eigenvalue weighted by Gasteiger charge is 2.12. The number of carbonyl (C=O) groups is 1. The molecule has 24 heavy (non-hydrogen) atoms. The Morgan fingerprint density at radius 3 is 2.54 bits per heavy atom. The van der Waals surface area contributed by atoms with Gasteiger partial charge in [-0.2, -0.15) is 4.99 Å². The summed E-state index contributed by atoms with van der Waals surface area (Å²) in [6, 6.07) is 12.2. The Labute approximate surface area is 143 Å². The summed E-state index contributed by atoms with van der Waals surface area (Å²) >= 11 is 1.29. The number of aryl methyl sites for hydroxylation is 2. The number of thiazole rings is 1. The van der Waals surface area contributed by atoms with Gasteiger partial charge in [-0.15, -0.1) is 0 Å². The maximum Gasteiger partial charge on any atom is 0.279 e. The van der Waals surface area contributed by atoms with E-state index >= 15 is 0 Å². The highest BCUT2D eigenvalue weighted by atomic mass is 32.2. The molecule has 124 valence electrons. The molecule has 7 heteroatoms. The van der Waals surface area contributed by atoms with Crippen LogP contribution in [0.25, 0.3) is 10.2 Å². The number of carbonyl (C=O) groups excluding carboxylic acids is 1. The lowest BCUT2D eigenvalue weighted by molar-refractivity contribution is 0.0997.